The second-order valence-corrected chi connectivity index (χ2v) is 4.51. The molecule has 0 spiro atoms. The summed E-state index contributed by atoms with van der Waals surface area (Å²) in [5.41, 5.74) is 3.93. The lowest BCUT2D eigenvalue weighted by Crippen LogP contribution is -2.07. The van der Waals surface area contributed by atoms with Crippen LogP contribution in [0, 0.1) is 25.2 Å². The van der Waals surface area contributed by atoms with Gasteiger partial charge in [-0.2, -0.15) is 10.4 Å². The van der Waals surface area contributed by atoms with E-state index in [0.717, 1.165) is 30.6 Å². The Balaban J connectivity index is 1.88. The minimum atomic E-state index is 0.627. The third kappa shape index (κ3) is 3.10. The first-order valence-corrected chi connectivity index (χ1v) is 6.31. The van der Waals surface area contributed by atoms with Crippen LogP contribution in [0.25, 0.3) is 0 Å². The summed E-state index contributed by atoms with van der Waals surface area (Å²) >= 11 is 0. The van der Waals surface area contributed by atoms with E-state index in [2.05, 4.69) is 26.6 Å². The predicted octanol–water partition coefficient (Wildman–Crippen LogP) is 2.34. The van der Waals surface area contributed by atoms with Gasteiger partial charge in [-0.25, -0.2) is 4.98 Å². The van der Waals surface area contributed by atoms with Crippen molar-refractivity contribution in [2.24, 2.45) is 0 Å². The van der Waals surface area contributed by atoms with Gasteiger partial charge < -0.3 is 5.32 Å². The first kappa shape index (κ1) is 13.1. The Morgan fingerprint density at radius 1 is 1.42 bits per heavy atom. The molecular weight excluding hydrogens is 238 g/mol. The van der Waals surface area contributed by atoms with Gasteiger partial charge in [-0.3, -0.25) is 5.10 Å². The maximum Gasteiger partial charge on any atom is 0.144 e. The van der Waals surface area contributed by atoms with E-state index in [1.807, 2.05) is 26.1 Å². The molecule has 98 valence electrons. The molecule has 0 saturated heterocycles. The van der Waals surface area contributed by atoms with E-state index in [9.17, 15) is 0 Å². The third-order valence-corrected chi connectivity index (χ3v) is 3.12. The molecule has 0 atom stereocenters. The molecule has 5 nitrogen and oxygen atoms in total. The van der Waals surface area contributed by atoms with E-state index >= 15 is 0 Å². The van der Waals surface area contributed by atoms with Crippen LogP contribution in [0.4, 0.5) is 5.82 Å². The summed E-state index contributed by atoms with van der Waals surface area (Å²) in [6.07, 6.45) is 5.52. The highest BCUT2D eigenvalue weighted by atomic mass is 15.1. The van der Waals surface area contributed by atoms with Crippen LogP contribution in [0.3, 0.4) is 0 Å². The standard InChI is InChI=1S/C14H17N5/c1-10-5-7-17-14(13(10)8-15)16-6-3-4-12-9-18-19-11(12)2/h5,7,9H,3-4,6H2,1-2H3,(H,16,17)(H,18,19). The van der Waals surface area contributed by atoms with Crippen molar-refractivity contribution >= 4 is 5.82 Å². The van der Waals surface area contributed by atoms with E-state index < -0.39 is 0 Å². The number of nitrogens with one attached hydrogen (secondary N) is 2. The number of anilines is 1. The van der Waals surface area contributed by atoms with Crippen LogP contribution >= 0.6 is 0 Å². The summed E-state index contributed by atoms with van der Waals surface area (Å²) in [6.45, 7) is 4.72. The maximum atomic E-state index is 9.10. The molecule has 0 amide bonds. The second-order valence-electron chi connectivity index (χ2n) is 4.51. The molecule has 0 aliphatic heterocycles. The minimum Gasteiger partial charge on any atom is -0.369 e. The molecular formula is C14H17N5. The number of rotatable bonds is 5. The zero-order valence-electron chi connectivity index (χ0n) is 11.2. The molecule has 2 rings (SSSR count). The van der Waals surface area contributed by atoms with Crippen molar-refractivity contribution < 1.29 is 0 Å². The second kappa shape index (κ2) is 6.01. The van der Waals surface area contributed by atoms with Crippen molar-refractivity contribution in [2.45, 2.75) is 26.7 Å². The van der Waals surface area contributed by atoms with E-state index in [0.29, 0.717) is 11.4 Å². The van der Waals surface area contributed by atoms with Crippen molar-refractivity contribution in [3.05, 3.63) is 40.8 Å². The Labute approximate surface area is 112 Å². The summed E-state index contributed by atoms with van der Waals surface area (Å²) < 4.78 is 0. The van der Waals surface area contributed by atoms with Crippen molar-refractivity contribution in [2.75, 3.05) is 11.9 Å². The van der Waals surface area contributed by atoms with Gasteiger partial charge in [0.1, 0.15) is 11.9 Å². The zero-order valence-corrected chi connectivity index (χ0v) is 11.2. The third-order valence-electron chi connectivity index (χ3n) is 3.12. The number of aryl methyl sites for hydroxylation is 3. The number of nitrogens with zero attached hydrogens (tertiary/aromatic N) is 3. The van der Waals surface area contributed by atoms with Gasteiger partial charge in [-0.1, -0.05) is 0 Å². The summed E-state index contributed by atoms with van der Waals surface area (Å²) in [4.78, 5) is 4.21. The number of pyridine rings is 1. The fraction of sp³-hybridized carbons (Fsp3) is 0.357. The molecule has 0 aromatic carbocycles. The van der Waals surface area contributed by atoms with E-state index in [4.69, 9.17) is 5.26 Å². The number of H-pyrrole nitrogens is 1. The van der Waals surface area contributed by atoms with Crippen LogP contribution in [0.1, 0.15) is 28.8 Å². The molecule has 0 saturated carbocycles. The Kier molecular flexibility index (Phi) is 4.14. The van der Waals surface area contributed by atoms with Gasteiger partial charge in [0.2, 0.25) is 0 Å². The normalized spacial score (nSPS) is 10.2. The molecule has 19 heavy (non-hydrogen) atoms. The molecule has 0 fully saturated rings. The Bertz CT molecular complexity index is 594. The highest BCUT2D eigenvalue weighted by molar-refractivity contribution is 5.55. The van der Waals surface area contributed by atoms with Crippen LogP contribution in [-0.2, 0) is 6.42 Å². The molecule has 0 radical (unpaired) electrons. The summed E-state index contributed by atoms with van der Waals surface area (Å²) in [5.74, 6) is 0.673. The highest BCUT2D eigenvalue weighted by Crippen LogP contribution is 2.15. The molecule has 2 aromatic rings. The molecule has 2 aromatic heterocycles. The predicted molar refractivity (Wildman–Crippen MR) is 73.8 cm³/mol. The Hall–Kier alpha value is -2.35. The smallest absolute Gasteiger partial charge is 0.144 e. The molecule has 0 aliphatic carbocycles. The molecule has 0 aliphatic rings. The summed E-state index contributed by atoms with van der Waals surface area (Å²) in [7, 11) is 0. The maximum absolute atomic E-state index is 9.10. The van der Waals surface area contributed by atoms with E-state index in [1.54, 1.807) is 6.20 Å². The number of aromatic amines is 1. The number of hydrogen-bond acceptors (Lipinski definition) is 4. The summed E-state index contributed by atoms with van der Waals surface area (Å²) in [5, 5.41) is 19.2. The van der Waals surface area contributed by atoms with Crippen molar-refractivity contribution in [3.8, 4) is 6.07 Å². The van der Waals surface area contributed by atoms with Gasteiger partial charge in [0, 0.05) is 18.4 Å². The minimum absolute atomic E-state index is 0.627. The zero-order chi connectivity index (χ0) is 13.7. The first-order chi connectivity index (χ1) is 9.22. The average Bonchev–Trinajstić information content (AvgIpc) is 2.80. The largest absolute Gasteiger partial charge is 0.369 e. The highest BCUT2D eigenvalue weighted by Gasteiger charge is 2.06. The van der Waals surface area contributed by atoms with Crippen LogP contribution < -0.4 is 5.32 Å². The molecule has 5 heteroatoms. The monoisotopic (exact) mass is 255 g/mol. The average molecular weight is 255 g/mol. The number of hydrogen-bond donors (Lipinski definition) is 2. The fourth-order valence-electron chi connectivity index (χ4n) is 1.95. The Morgan fingerprint density at radius 2 is 2.26 bits per heavy atom. The quantitative estimate of drug-likeness (QED) is 0.804. The van der Waals surface area contributed by atoms with Gasteiger partial charge in [0.15, 0.2) is 0 Å². The topological polar surface area (TPSA) is 77.4 Å². The van der Waals surface area contributed by atoms with Crippen molar-refractivity contribution in [3.63, 3.8) is 0 Å². The number of nitriles is 1. The van der Waals surface area contributed by atoms with Crippen molar-refractivity contribution in [1.82, 2.24) is 15.2 Å². The van der Waals surface area contributed by atoms with Gasteiger partial charge in [0.05, 0.1) is 11.8 Å². The fourth-order valence-corrected chi connectivity index (χ4v) is 1.95. The van der Waals surface area contributed by atoms with Gasteiger partial charge >= 0.3 is 0 Å². The Morgan fingerprint density at radius 3 is 2.95 bits per heavy atom. The van der Waals surface area contributed by atoms with Crippen LogP contribution in [0.15, 0.2) is 18.5 Å². The lowest BCUT2D eigenvalue weighted by Gasteiger charge is -2.08. The molecule has 0 bridgehead atoms. The van der Waals surface area contributed by atoms with E-state index in [-0.39, 0.29) is 0 Å². The SMILES string of the molecule is Cc1ccnc(NCCCc2cn[nH]c2C)c1C#N. The summed E-state index contributed by atoms with van der Waals surface area (Å²) in [6, 6.07) is 4.03. The van der Waals surface area contributed by atoms with Crippen LogP contribution in [-0.4, -0.2) is 21.7 Å². The van der Waals surface area contributed by atoms with Crippen LogP contribution in [0.2, 0.25) is 0 Å². The first-order valence-electron chi connectivity index (χ1n) is 6.31. The lowest BCUT2D eigenvalue weighted by atomic mass is 10.1. The van der Waals surface area contributed by atoms with Gasteiger partial charge in [-0.15, -0.1) is 0 Å². The number of aromatic nitrogens is 3. The van der Waals surface area contributed by atoms with Gasteiger partial charge in [0.25, 0.3) is 0 Å². The van der Waals surface area contributed by atoms with Gasteiger partial charge in [-0.05, 0) is 43.9 Å². The van der Waals surface area contributed by atoms with E-state index in [1.165, 1.54) is 5.56 Å². The van der Waals surface area contributed by atoms with Crippen molar-refractivity contribution in [1.29, 1.82) is 5.26 Å². The molecule has 2 heterocycles. The molecule has 0 unspecified atom stereocenters. The lowest BCUT2D eigenvalue weighted by molar-refractivity contribution is 0.853. The molecule has 2 N–H and O–H groups in total. The van der Waals surface area contributed by atoms with Crippen LogP contribution in [0.5, 0.6) is 0 Å².